The summed E-state index contributed by atoms with van der Waals surface area (Å²) in [7, 11) is 0. The van der Waals surface area contributed by atoms with E-state index in [0.717, 1.165) is 35.2 Å². The van der Waals surface area contributed by atoms with Crippen LogP contribution in [0.3, 0.4) is 0 Å². The first-order chi connectivity index (χ1) is 16.2. The first-order valence-electron chi connectivity index (χ1n) is 10.9. The Balaban J connectivity index is 1.45. The number of hydrogen-bond acceptors (Lipinski definition) is 6. The average Bonchev–Trinajstić information content (AvgIpc) is 3.55. The van der Waals surface area contributed by atoms with E-state index in [4.69, 9.17) is 8.83 Å². The van der Waals surface area contributed by atoms with Crippen molar-refractivity contribution >= 4 is 16.9 Å². The fraction of sp³-hybridized carbons (Fsp3) is 0.200. The fourth-order valence-electron chi connectivity index (χ4n) is 4.44. The number of benzene rings is 1. The number of H-pyrrole nitrogens is 1. The molecule has 0 spiro atoms. The molecule has 4 aromatic heterocycles. The quantitative estimate of drug-likeness (QED) is 0.438. The van der Waals surface area contributed by atoms with E-state index in [0.29, 0.717) is 29.6 Å². The lowest BCUT2D eigenvalue weighted by Gasteiger charge is -2.27. The van der Waals surface area contributed by atoms with Crippen molar-refractivity contribution in [2.45, 2.75) is 25.8 Å². The maximum atomic E-state index is 13.8. The van der Waals surface area contributed by atoms with Gasteiger partial charge in [0.2, 0.25) is 11.7 Å². The Kier molecular flexibility index (Phi) is 4.57. The molecule has 1 N–H and O–H groups in total. The van der Waals surface area contributed by atoms with Gasteiger partial charge in [-0.3, -0.25) is 9.78 Å². The number of aromatic nitrogens is 4. The summed E-state index contributed by atoms with van der Waals surface area (Å²) in [6.07, 6.45) is 4.93. The molecule has 0 bridgehead atoms. The van der Waals surface area contributed by atoms with Gasteiger partial charge in [-0.2, -0.15) is 0 Å². The number of para-hydroxylation sites is 1. The molecular formula is C25H21N5O3. The van der Waals surface area contributed by atoms with Crippen LogP contribution in [0.1, 0.15) is 45.9 Å². The second-order valence-electron chi connectivity index (χ2n) is 8.11. The molecule has 1 amide bonds. The Morgan fingerprint density at radius 1 is 1.12 bits per heavy atom. The third kappa shape index (κ3) is 3.31. The molecule has 8 heteroatoms. The molecule has 164 valence electrons. The van der Waals surface area contributed by atoms with Crippen molar-refractivity contribution in [3.05, 3.63) is 89.7 Å². The fourth-order valence-corrected chi connectivity index (χ4v) is 4.44. The molecular weight excluding hydrogens is 418 g/mol. The van der Waals surface area contributed by atoms with E-state index in [1.54, 1.807) is 30.4 Å². The number of rotatable bonds is 3. The Morgan fingerprint density at radius 3 is 2.85 bits per heavy atom. The van der Waals surface area contributed by atoms with Crippen molar-refractivity contribution < 1.29 is 13.6 Å². The van der Waals surface area contributed by atoms with Crippen LogP contribution in [0.4, 0.5) is 0 Å². The minimum atomic E-state index is -0.476. The van der Waals surface area contributed by atoms with Gasteiger partial charge in [-0.15, -0.1) is 0 Å². The molecule has 5 aromatic rings. The van der Waals surface area contributed by atoms with E-state index < -0.39 is 6.04 Å². The van der Waals surface area contributed by atoms with Gasteiger partial charge in [-0.25, -0.2) is 9.97 Å². The molecule has 0 saturated carbocycles. The minimum Gasteiger partial charge on any atom is -0.458 e. The SMILES string of the molecule is Cc1nc(-c2ccccn2)oc1C(=O)N1CCCc2[nH]cnc2[C@@H]1c1cc2ccccc2o1. The Morgan fingerprint density at radius 2 is 2.00 bits per heavy atom. The van der Waals surface area contributed by atoms with Crippen molar-refractivity contribution in [2.24, 2.45) is 0 Å². The van der Waals surface area contributed by atoms with Crippen LogP contribution < -0.4 is 0 Å². The lowest BCUT2D eigenvalue weighted by atomic mass is 10.1. The maximum absolute atomic E-state index is 13.8. The predicted octanol–water partition coefficient (Wildman–Crippen LogP) is 4.69. The first kappa shape index (κ1) is 19.5. The lowest BCUT2D eigenvalue weighted by molar-refractivity contribution is 0.0659. The number of fused-ring (bicyclic) bond motifs is 2. The largest absolute Gasteiger partial charge is 0.458 e. The molecule has 0 aliphatic carbocycles. The molecule has 5 heterocycles. The van der Waals surface area contributed by atoms with Gasteiger partial charge in [0.05, 0.1) is 17.7 Å². The number of hydrogen-bond donors (Lipinski definition) is 1. The second kappa shape index (κ2) is 7.74. The first-order valence-corrected chi connectivity index (χ1v) is 10.9. The van der Waals surface area contributed by atoms with E-state index >= 15 is 0 Å². The minimum absolute atomic E-state index is 0.204. The highest BCUT2D eigenvalue weighted by atomic mass is 16.4. The van der Waals surface area contributed by atoms with E-state index in [9.17, 15) is 4.79 Å². The summed E-state index contributed by atoms with van der Waals surface area (Å²) in [5.74, 6) is 0.952. The van der Waals surface area contributed by atoms with Crippen molar-refractivity contribution in [1.29, 1.82) is 0 Å². The third-order valence-electron chi connectivity index (χ3n) is 6.00. The van der Waals surface area contributed by atoms with Crippen molar-refractivity contribution in [1.82, 2.24) is 24.8 Å². The van der Waals surface area contributed by atoms with Gasteiger partial charge in [0, 0.05) is 23.8 Å². The van der Waals surface area contributed by atoms with Crippen LogP contribution in [-0.4, -0.2) is 37.3 Å². The Labute approximate surface area is 189 Å². The number of imidazole rings is 1. The zero-order valence-corrected chi connectivity index (χ0v) is 18.0. The predicted molar refractivity (Wildman–Crippen MR) is 120 cm³/mol. The zero-order chi connectivity index (χ0) is 22.4. The lowest BCUT2D eigenvalue weighted by Crippen LogP contribution is -2.36. The molecule has 1 aliphatic heterocycles. The summed E-state index contributed by atoms with van der Waals surface area (Å²) in [4.78, 5) is 32.2. The normalized spacial score (nSPS) is 16.0. The molecule has 1 aromatic carbocycles. The van der Waals surface area contributed by atoms with Crippen LogP contribution in [0.15, 0.2) is 69.9 Å². The summed E-state index contributed by atoms with van der Waals surface area (Å²) in [5, 5.41) is 0.981. The highest BCUT2D eigenvalue weighted by molar-refractivity contribution is 5.93. The number of nitrogens with zero attached hydrogens (tertiary/aromatic N) is 4. The number of amides is 1. The number of aryl methyl sites for hydroxylation is 2. The number of carbonyl (C=O) groups is 1. The number of aromatic amines is 1. The molecule has 0 unspecified atom stereocenters. The van der Waals surface area contributed by atoms with E-state index in [2.05, 4.69) is 19.9 Å². The summed E-state index contributed by atoms with van der Waals surface area (Å²) in [6.45, 7) is 2.31. The van der Waals surface area contributed by atoms with E-state index in [1.165, 1.54) is 0 Å². The van der Waals surface area contributed by atoms with Gasteiger partial charge >= 0.3 is 0 Å². The monoisotopic (exact) mass is 439 g/mol. The van der Waals surface area contributed by atoms with Crippen LogP contribution in [0.2, 0.25) is 0 Å². The molecule has 0 radical (unpaired) electrons. The van der Waals surface area contributed by atoms with E-state index in [1.807, 2.05) is 42.5 Å². The van der Waals surface area contributed by atoms with Crippen molar-refractivity contribution in [3.63, 3.8) is 0 Å². The molecule has 0 saturated heterocycles. The summed E-state index contributed by atoms with van der Waals surface area (Å²) < 4.78 is 12.2. The van der Waals surface area contributed by atoms with Gasteiger partial charge in [0.1, 0.15) is 23.1 Å². The molecule has 33 heavy (non-hydrogen) atoms. The second-order valence-corrected chi connectivity index (χ2v) is 8.11. The van der Waals surface area contributed by atoms with Crippen LogP contribution >= 0.6 is 0 Å². The van der Waals surface area contributed by atoms with Crippen LogP contribution in [0, 0.1) is 6.92 Å². The number of furan rings is 1. The topological polar surface area (TPSA) is 101 Å². The van der Waals surface area contributed by atoms with Crippen LogP contribution in [-0.2, 0) is 6.42 Å². The number of carbonyl (C=O) groups excluding carboxylic acids is 1. The Bertz CT molecular complexity index is 1420. The van der Waals surface area contributed by atoms with Crippen molar-refractivity contribution in [3.8, 4) is 11.6 Å². The standard InChI is InChI=1S/C25H21N5O3/c1-15-23(33-24(29-15)18-8-4-5-11-26-18)25(31)30-12-6-9-17-21(28-14-27-17)22(30)20-13-16-7-2-3-10-19(16)32-20/h2-5,7-8,10-11,13-14,22H,6,9,12H2,1H3,(H,27,28)/t22-/m0/s1. The molecule has 8 nitrogen and oxygen atoms in total. The highest BCUT2D eigenvalue weighted by Crippen LogP contribution is 2.37. The molecule has 6 rings (SSSR count). The number of oxazole rings is 1. The number of nitrogens with one attached hydrogen (secondary N) is 1. The van der Waals surface area contributed by atoms with Gasteiger partial charge in [0.25, 0.3) is 5.91 Å². The summed E-state index contributed by atoms with van der Waals surface area (Å²) in [5.41, 5.74) is 3.69. The maximum Gasteiger partial charge on any atom is 0.292 e. The van der Waals surface area contributed by atoms with Gasteiger partial charge in [-0.05, 0) is 44.0 Å². The van der Waals surface area contributed by atoms with Crippen LogP contribution in [0.5, 0.6) is 0 Å². The smallest absolute Gasteiger partial charge is 0.292 e. The average molecular weight is 439 g/mol. The van der Waals surface area contributed by atoms with Gasteiger partial charge in [0.15, 0.2) is 0 Å². The highest BCUT2D eigenvalue weighted by Gasteiger charge is 2.37. The molecule has 1 aliphatic rings. The van der Waals surface area contributed by atoms with E-state index in [-0.39, 0.29) is 11.7 Å². The van der Waals surface area contributed by atoms with Crippen molar-refractivity contribution in [2.75, 3.05) is 6.54 Å². The number of pyridine rings is 1. The zero-order valence-electron chi connectivity index (χ0n) is 18.0. The van der Waals surface area contributed by atoms with Gasteiger partial charge in [-0.1, -0.05) is 24.3 Å². The third-order valence-corrected chi connectivity index (χ3v) is 6.00. The van der Waals surface area contributed by atoms with Gasteiger partial charge < -0.3 is 18.7 Å². The van der Waals surface area contributed by atoms with Crippen LogP contribution in [0.25, 0.3) is 22.6 Å². The molecule has 1 atom stereocenters. The molecule has 0 fully saturated rings. The summed E-state index contributed by atoms with van der Waals surface area (Å²) in [6, 6.07) is 14.8. The summed E-state index contributed by atoms with van der Waals surface area (Å²) >= 11 is 0. The Hall–Kier alpha value is -4.20.